The largest absolute Gasteiger partial charge is 0.257 e. The number of aryl methyl sites for hydroxylation is 3. The van der Waals surface area contributed by atoms with Gasteiger partial charge in [0.05, 0.1) is 33.4 Å². The van der Waals surface area contributed by atoms with E-state index in [1.54, 1.807) is 4.68 Å². The van der Waals surface area contributed by atoms with Crippen molar-refractivity contribution >= 4 is 11.6 Å². The Labute approximate surface area is 111 Å². The topological polar surface area (TPSA) is 54.5 Å². The Hall–Kier alpha value is -1.86. The Morgan fingerprint density at radius 2 is 1.89 bits per heavy atom. The molecule has 0 saturated carbocycles. The number of rotatable bonds is 1. The van der Waals surface area contributed by atoms with Gasteiger partial charge in [0, 0.05) is 5.69 Å². The molecule has 0 unspecified atom stereocenters. The van der Waals surface area contributed by atoms with Gasteiger partial charge in [0.2, 0.25) is 0 Å². The van der Waals surface area contributed by atoms with Crippen molar-refractivity contribution in [2.24, 2.45) is 0 Å². The molecule has 2 aromatic heterocycles. The van der Waals surface area contributed by atoms with Crippen molar-refractivity contribution in [3.05, 3.63) is 39.4 Å². The van der Waals surface area contributed by atoms with Gasteiger partial charge >= 0.3 is 0 Å². The Morgan fingerprint density at radius 3 is 2.39 bits per heavy atom. The summed E-state index contributed by atoms with van der Waals surface area (Å²) in [5.74, 6) is 0. The molecule has 0 saturated heterocycles. The fourth-order valence-electron chi connectivity index (χ4n) is 1.97. The normalized spacial score (nSPS) is 10.4. The third-order valence-electron chi connectivity index (χ3n) is 2.85. The minimum Gasteiger partial charge on any atom is -0.257 e. The molecule has 0 aliphatic carbocycles. The predicted octanol–water partition coefficient (Wildman–Crippen LogP) is 3.03. The highest BCUT2D eigenvalue weighted by molar-refractivity contribution is 6.31. The van der Waals surface area contributed by atoms with Crippen LogP contribution in [0.4, 0.5) is 0 Å². The monoisotopic (exact) mass is 260 g/mol. The summed E-state index contributed by atoms with van der Waals surface area (Å²) in [6, 6.07) is 4.03. The van der Waals surface area contributed by atoms with Gasteiger partial charge in [-0.1, -0.05) is 11.6 Å². The molecule has 92 valence electrons. The Kier molecular flexibility index (Phi) is 3.10. The summed E-state index contributed by atoms with van der Waals surface area (Å²) in [6.45, 7) is 7.45. The summed E-state index contributed by atoms with van der Waals surface area (Å²) in [6.07, 6.45) is 0. The number of nitrogens with zero attached hydrogens (tertiary/aromatic N) is 4. The van der Waals surface area contributed by atoms with Gasteiger partial charge in [-0.2, -0.15) is 10.4 Å². The maximum absolute atomic E-state index is 9.25. The zero-order valence-corrected chi connectivity index (χ0v) is 11.5. The van der Waals surface area contributed by atoms with Crippen LogP contribution in [0, 0.1) is 39.0 Å². The zero-order valence-electron chi connectivity index (χ0n) is 10.7. The van der Waals surface area contributed by atoms with Crippen LogP contribution in [-0.2, 0) is 0 Å². The molecule has 0 atom stereocenters. The summed E-state index contributed by atoms with van der Waals surface area (Å²) in [5.41, 5.74) is 4.40. The number of hydrogen-bond donors (Lipinski definition) is 0. The minimum absolute atomic E-state index is 0.530. The van der Waals surface area contributed by atoms with Crippen LogP contribution in [0.15, 0.2) is 6.07 Å². The zero-order chi connectivity index (χ0) is 13.4. The van der Waals surface area contributed by atoms with Gasteiger partial charge in [0.25, 0.3) is 0 Å². The molecule has 2 aromatic rings. The molecule has 0 fully saturated rings. The molecular weight excluding hydrogens is 248 g/mol. The third-order valence-corrected chi connectivity index (χ3v) is 3.40. The molecule has 0 bridgehead atoms. The Morgan fingerprint density at radius 1 is 1.22 bits per heavy atom. The molecule has 0 radical (unpaired) electrons. The van der Waals surface area contributed by atoms with E-state index in [9.17, 15) is 5.26 Å². The van der Waals surface area contributed by atoms with E-state index in [1.807, 2.05) is 33.8 Å². The number of pyridine rings is 1. The van der Waals surface area contributed by atoms with Crippen molar-refractivity contribution < 1.29 is 0 Å². The molecule has 0 N–H and O–H groups in total. The predicted molar refractivity (Wildman–Crippen MR) is 70.0 cm³/mol. The molecule has 0 spiro atoms. The molecule has 2 heterocycles. The highest BCUT2D eigenvalue weighted by Crippen LogP contribution is 2.25. The van der Waals surface area contributed by atoms with Crippen LogP contribution >= 0.6 is 11.6 Å². The summed E-state index contributed by atoms with van der Waals surface area (Å²) in [4.78, 5) is 4.29. The van der Waals surface area contributed by atoms with Gasteiger partial charge in [-0.05, 0) is 33.8 Å². The second-order valence-corrected chi connectivity index (χ2v) is 4.63. The van der Waals surface area contributed by atoms with Gasteiger partial charge < -0.3 is 0 Å². The molecule has 2 rings (SSSR count). The fraction of sp³-hybridized carbons (Fsp3) is 0.308. The standard InChI is InChI=1S/C13H13ClN4/c1-7-5-12(11(6-15)8(2)16-7)18-10(4)13(14)9(3)17-18/h5H,1-4H3. The second-order valence-electron chi connectivity index (χ2n) is 4.25. The van der Waals surface area contributed by atoms with Gasteiger partial charge in [-0.3, -0.25) is 4.98 Å². The number of aromatic nitrogens is 3. The molecule has 0 aliphatic rings. The van der Waals surface area contributed by atoms with E-state index in [0.717, 1.165) is 22.8 Å². The lowest BCUT2D eigenvalue weighted by Gasteiger charge is -2.09. The average molecular weight is 261 g/mol. The second kappa shape index (κ2) is 4.43. The quantitative estimate of drug-likeness (QED) is 0.792. The lowest BCUT2D eigenvalue weighted by molar-refractivity contribution is 0.823. The smallest absolute Gasteiger partial charge is 0.103 e. The molecule has 18 heavy (non-hydrogen) atoms. The summed E-state index contributed by atoms with van der Waals surface area (Å²) >= 11 is 6.14. The van der Waals surface area contributed by atoms with Crippen LogP contribution in [0.2, 0.25) is 5.02 Å². The maximum atomic E-state index is 9.25. The fourth-order valence-corrected chi connectivity index (χ4v) is 2.09. The van der Waals surface area contributed by atoms with Crippen LogP contribution < -0.4 is 0 Å². The third kappa shape index (κ3) is 1.87. The Bertz CT molecular complexity index is 665. The highest BCUT2D eigenvalue weighted by atomic mass is 35.5. The first-order valence-electron chi connectivity index (χ1n) is 5.56. The van der Waals surface area contributed by atoms with Gasteiger partial charge in [0.15, 0.2) is 0 Å². The molecule has 4 nitrogen and oxygen atoms in total. The first kappa shape index (κ1) is 12.6. The van der Waals surface area contributed by atoms with Crippen molar-refractivity contribution in [1.82, 2.24) is 14.8 Å². The molecular formula is C13H13ClN4. The first-order chi connectivity index (χ1) is 8.45. The molecule has 0 aliphatic heterocycles. The number of nitriles is 1. The molecule has 0 amide bonds. The Balaban J connectivity index is 2.79. The van der Waals surface area contributed by atoms with E-state index in [0.29, 0.717) is 16.3 Å². The van der Waals surface area contributed by atoms with Crippen molar-refractivity contribution in [3.8, 4) is 11.8 Å². The van der Waals surface area contributed by atoms with Crippen molar-refractivity contribution in [2.45, 2.75) is 27.7 Å². The van der Waals surface area contributed by atoms with E-state index in [-0.39, 0.29) is 0 Å². The van der Waals surface area contributed by atoms with Crippen LogP contribution in [0.25, 0.3) is 5.69 Å². The van der Waals surface area contributed by atoms with E-state index >= 15 is 0 Å². The van der Waals surface area contributed by atoms with E-state index in [4.69, 9.17) is 11.6 Å². The van der Waals surface area contributed by atoms with E-state index < -0.39 is 0 Å². The minimum atomic E-state index is 0.530. The molecule has 0 aromatic carbocycles. The van der Waals surface area contributed by atoms with Crippen molar-refractivity contribution in [2.75, 3.05) is 0 Å². The summed E-state index contributed by atoms with van der Waals surface area (Å²) < 4.78 is 1.71. The van der Waals surface area contributed by atoms with E-state index in [1.165, 1.54) is 0 Å². The lowest BCUT2D eigenvalue weighted by Crippen LogP contribution is -2.05. The molecule has 5 heteroatoms. The van der Waals surface area contributed by atoms with Crippen molar-refractivity contribution in [3.63, 3.8) is 0 Å². The van der Waals surface area contributed by atoms with Crippen LogP contribution in [0.5, 0.6) is 0 Å². The van der Waals surface area contributed by atoms with E-state index in [2.05, 4.69) is 16.2 Å². The van der Waals surface area contributed by atoms with Gasteiger partial charge in [-0.25, -0.2) is 4.68 Å². The van der Waals surface area contributed by atoms with Crippen LogP contribution in [-0.4, -0.2) is 14.8 Å². The summed E-state index contributed by atoms with van der Waals surface area (Å²) in [5, 5.41) is 14.3. The number of hydrogen-bond acceptors (Lipinski definition) is 3. The summed E-state index contributed by atoms with van der Waals surface area (Å²) in [7, 11) is 0. The lowest BCUT2D eigenvalue weighted by atomic mass is 10.1. The van der Waals surface area contributed by atoms with Crippen molar-refractivity contribution in [1.29, 1.82) is 5.26 Å². The maximum Gasteiger partial charge on any atom is 0.103 e. The van der Waals surface area contributed by atoms with Gasteiger partial charge in [-0.15, -0.1) is 0 Å². The van der Waals surface area contributed by atoms with Gasteiger partial charge in [0.1, 0.15) is 6.07 Å². The van der Waals surface area contributed by atoms with Crippen LogP contribution in [0.3, 0.4) is 0 Å². The first-order valence-corrected chi connectivity index (χ1v) is 5.94. The SMILES string of the molecule is Cc1cc(-n2nc(C)c(Cl)c2C)c(C#N)c(C)n1. The van der Waals surface area contributed by atoms with Crippen LogP contribution in [0.1, 0.15) is 28.3 Å². The average Bonchev–Trinajstić information content (AvgIpc) is 2.56. The number of halogens is 1. The highest BCUT2D eigenvalue weighted by Gasteiger charge is 2.16.